The summed E-state index contributed by atoms with van der Waals surface area (Å²) in [5.74, 6) is -0.419. The van der Waals surface area contributed by atoms with E-state index in [2.05, 4.69) is 23.2 Å². The Hall–Kier alpha value is -1.33. The first-order valence-corrected chi connectivity index (χ1v) is 5.84. The van der Waals surface area contributed by atoms with Crippen LogP contribution in [0.15, 0.2) is 28.2 Å². The van der Waals surface area contributed by atoms with E-state index in [4.69, 9.17) is 0 Å². The maximum atomic E-state index is 11.2. The van der Waals surface area contributed by atoms with Crippen LogP contribution in [0.1, 0.15) is 17.5 Å². The average Bonchev–Trinajstić information content (AvgIpc) is 2.30. The van der Waals surface area contributed by atoms with Crippen molar-refractivity contribution in [3.8, 4) is 0 Å². The SMILES string of the molecule is Cc1ccc(C2=NNC(=O)CC2CO)c(S)c1. The first kappa shape index (κ1) is 12.1. The maximum Gasteiger partial charge on any atom is 0.240 e. The van der Waals surface area contributed by atoms with Gasteiger partial charge >= 0.3 is 0 Å². The van der Waals surface area contributed by atoms with Gasteiger partial charge in [0.1, 0.15) is 0 Å². The maximum absolute atomic E-state index is 11.2. The zero-order valence-electron chi connectivity index (χ0n) is 9.47. The van der Waals surface area contributed by atoms with Crippen LogP contribution >= 0.6 is 12.6 Å². The zero-order chi connectivity index (χ0) is 12.4. The Labute approximate surface area is 105 Å². The number of carbonyl (C=O) groups excluding carboxylic acids is 1. The molecular weight excluding hydrogens is 236 g/mol. The Balaban J connectivity index is 2.41. The minimum Gasteiger partial charge on any atom is -0.396 e. The third-order valence-electron chi connectivity index (χ3n) is 2.77. The molecule has 90 valence electrons. The number of thiol groups is 1. The number of nitrogens with one attached hydrogen (secondary N) is 1. The van der Waals surface area contributed by atoms with Gasteiger partial charge in [-0.1, -0.05) is 12.1 Å². The van der Waals surface area contributed by atoms with Gasteiger partial charge in [0.2, 0.25) is 5.91 Å². The van der Waals surface area contributed by atoms with Crippen LogP contribution in [0, 0.1) is 12.8 Å². The van der Waals surface area contributed by atoms with Crippen LogP contribution in [-0.4, -0.2) is 23.3 Å². The number of hydrogen-bond acceptors (Lipinski definition) is 4. The summed E-state index contributed by atoms with van der Waals surface area (Å²) >= 11 is 4.40. The summed E-state index contributed by atoms with van der Waals surface area (Å²) in [6.07, 6.45) is 0.260. The number of amides is 1. The predicted molar refractivity (Wildman–Crippen MR) is 68.3 cm³/mol. The Morgan fingerprint density at radius 2 is 2.35 bits per heavy atom. The number of aliphatic hydroxyl groups excluding tert-OH is 1. The number of carbonyl (C=O) groups is 1. The van der Waals surface area contributed by atoms with Crippen molar-refractivity contribution in [1.29, 1.82) is 0 Å². The highest BCUT2D eigenvalue weighted by Crippen LogP contribution is 2.23. The van der Waals surface area contributed by atoms with E-state index in [1.807, 2.05) is 25.1 Å². The van der Waals surface area contributed by atoms with E-state index in [-0.39, 0.29) is 24.9 Å². The molecule has 0 fully saturated rings. The molecule has 1 aromatic carbocycles. The summed E-state index contributed by atoms with van der Waals surface area (Å²) in [6.45, 7) is 1.89. The number of benzene rings is 1. The standard InChI is InChI=1S/C12H14N2O2S/c1-7-2-3-9(10(17)4-7)12-8(6-15)5-11(16)13-14-12/h2-4,8,15,17H,5-6H2,1H3,(H,13,16). The monoisotopic (exact) mass is 250 g/mol. The van der Waals surface area contributed by atoms with Crippen molar-refractivity contribution in [2.75, 3.05) is 6.61 Å². The lowest BCUT2D eigenvalue weighted by Crippen LogP contribution is -2.35. The summed E-state index contributed by atoms with van der Waals surface area (Å²) in [7, 11) is 0. The van der Waals surface area contributed by atoms with E-state index in [1.54, 1.807) is 0 Å². The molecule has 1 unspecified atom stereocenters. The fourth-order valence-electron chi connectivity index (χ4n) is 1.87. The molecule has 0 spiro atoms. The highest BCUT2D eigenvalue weighted by molar-refractivity contribution is 7.80. The number of aryl methyl sites for hydroxylation is 1. The van der Waals surface area contributed by atoms with E-state index in [9.17, 15) is 9.90 Å². The first-order chi connectivity index (χ1) is 8.11. The normalized spacial score (nSPS) is 19.8. The zero-order valence-corrected chi connectivity index (χ0v) is 10.4. The van der Waals surface area contributed by atoms with Gasteiger partial charge in [0.25, 0.3) is 0 Å². The molecule has 1 amide bonds. The molecule has 1 aromatic rings. The molecule has 0 radical (unpaired) electrons. The Morgan fingerprint density at radius 3 is 3.00 bits per heavy atom. The number of hydrazone groups is 1. The summed E-state index contributed by atoms with van der Waals surface area (Å²) in [6, 6.07) is 5.81. The second-order valence-corrected chi connectivity index (χ2v) is 4.62. The van der Waals surface area contributed by atoms with Gasteiger partial charge < -0.3 is 5.11 Å². The number of aliphatic hydroxyl groups is 1. The summed E-state index contributed by atoms with van der Waals surface area (Å²) in [5.41, 5.74) is 5.10. The molecule has 2 N–H and O–H groups in total. The van der Waals surface area contributed by atoms with Crippen molar-refractivity contribution >= 4 is 24.2 Å². The van der Waals surface area contributed by atoms with Gasteiger partial charge in [0.15, 0.2) is 0 Å². The van der Waals surface area contributed by atoms with Crippen LogP contribution in [0.25, 0.3) is 0 Å². The van der Waals surface area contributed by atoms with Crippen LogP contribution in [0.2, 0.25) is 0 Å². The predicted octanol–water partition coefficient (Wildman–Crippen LogP) is 1.12. The molecule has 1 atom stereocenters. The second kappa shape index (κ2) is 4.89. The van der Waals surface area contributed by atoms with Crippen molar-refractivity contribution < 1.29 is 9.90 Å². The van der Waals surface area contributed by atoms with Crippen LogP contribution in [0.3, 0.4) is 0 Å². The number of rotatable bonds is 2. The molecule has 5 heteroatoms. The lowest BCUT2D eigenvalue weighted by molar-refractivity contribution is -0.122. The molecule has 0 aromatic heterocycles. The minimum atomic E-state index is -0.252. The largest absolute Gasteiger partial charge is 0.396 e. The topological polar surface area (TPSA) is 61.7 Å². The molecular formula is C12H14N2O2S. The van der Waals surface area contributed by atoms with Gasteiger partial charge in [-0.15, -0.1) is 12.6 Å². The van der Waals surface area contributed by atoms with E-state index in [1.165, 1.54) is 0 Å². The molecule has 1 heterocycles. The summed E-state index contributed by atoms with van der Waals surface area (Å²) < 4.78 is 0. The van der Waals surface area contributed by atoms with Crippen LogP contribution < -0.4 is 5.43 Å². The minimum absolute atomic E-state index is 0.0899. The van der Waals surface area contributed by atoms with Gasteiger partial charge in [-0.25, -0.2) is 5.43 Å². The Bertz CT molecular complexity index is 485. The van der Waals surface area contributed by atoms with Crippen molar-refractivity contribution in [1.82, 2.24) is 5.43 Å². The highest BCUT2D eigenvalue weighted by Gasteiger charge is 2.25. The number of hydrogen-bond donors (Lipinski definition) is 3. The lowest BCUT2D eigenvalue weighted by atomic mass is 9.92. The van der Waals surface area contributed by atoms with E-state index >= 15 is 0 Å². The molecule has 4 nitrogen and oxygen atoms in total. The van der Waals surface area contributed by atoms with Gasteiger partial charge in [0.05, 0.1) is 12.3 Å². The second-order valence-electron chi connectivity index (χ2n) is 4.14. The summed E-state index contributed by atoms with van der Waals surface area (Å²) in [4.78, 5) is 12.0. The average molecular weight is 250 g/mol. The smallest absolute Gasteiger partial charge is 0.240 e. The Kier molecular flexibility index (Phi) is 3.49. The number of nitrogens with zero attached hydrogens (tertiary/aromatic N) is 1. The molecule has 17 heavy (non-hydrogen) atoms. The van der Waals surface area contributed by atoms with Crippen LogP contribution in [0.4, 0.5) is 0 Å². The van der Waals surface area contributed by atoms with Crippen LogP contribution in [-0.2, 0) is 4.79 Å². The van der Waals surface area contributed by atoms with Crippen molar-refractivity contribution in [3.05, 3.63) is 29.3 Å². The van der Waals surface area contributed by atoms with Crippen LogP contribution in [0.5, 0.6) is 0 Å². The van der Waals surface area contributed by atoms with Gasteiger partial charge in [-0.05, 0) is 18.6 Å². The third kappa shape index (κ3) is 2.50. The van der Waals surface area contributed by atoms with Crippen molar-refractivity contribution in [3.63, 3.8) is 0 Å². The highest BCUT2D eigenvalue weighted by atomic mass is 32.1. The third-order valence-corrected chi connectivity index (χ3v) is 3.14. The molecule has 1 aliphatic rings. The fourth-order valence-corrected chi connectivity index (χ4v) is 2.26. The molecule has 0 bridgehead atoms. The Morgan fingerprint density at radius 1 is 1.59 bits per heavy atom. The molecule has 0 aliphatic carbocycles. The first-order valence-electron chi connectivity index (χ1n) is 5.39. The summed E-state index contributed by atoms with van der Waals surface area (Å²) in [5, 5.41) is 13.3. The van der Waals surface area contributed by atoms with E-state index < -0.39 is 0 Å². The van der Waals surface area contributed by atoms with Gasteiger partial charge in [0, 0.05) is 22.8 Å². The fraction of sp³-hybridized carbons (Fsp3) is 0.333. The quantitative estimate of drug-likeness (QED) is 0.689. The van der Waals surface area contributed by atoms with E-state index in [0.717, 1.165) is 16.0 Å². The van der Waals surface area contributed by atoms with Gasteiger partial charge in [-0.2, -0.15) is 5.10 Å². The molecule has 0 saturated carbocycles. The van der Waals surface area contributed by atoms with Gasteiger partial charge in [-0.3, -0.25) is 4.79 Å². The van der Waals surface area contributed by atoms with E-state index in [0.29, 0.717) is 5.71 Å². The van der Waals surface area contributed by atoms with Crippen molar-refractivity contribution in [2.45, 2.75) is 18.2 Å². The molecule has 0 saturated heterocycles. The van der Waals surface area contributed by atoms with Crippen molar-refractivity contribution in [2.24, 2.45) is 11.0 Å². The molecule has 1 aliphatic heterocycles. The molecule has 2 rings (SSSR count). The lowest BCUT2D eigenvalue weighted by Gasteiger charge is -2.22.